The molecule has 0 N–H and O–H groups in total. The van der Waals surface area contributed by atoms with Gasteiger partial charge in [0.15, 0.2) is 0 Å². The second-order valence-electron chi connectivity index (χ2n) is 6.48. The van der Waals surface area contributed by atoms with Gasteiger partial charge in [-0.1, -0.05) is 25.8 Å². The molecule has 0 radical (unpaired) electrons. The Hall–Kier alpha value is -2.03. The molecule has 3 nitrogen and oxygen atoms in total. The standard InChI is InChI=1S/C21H29NO2/c1-7-8-9-12-23-20-13-15(3)22-21(18(20)6)24-19-11-10-14(2)16(4)17(19)5/h10-11,13H,7-9,12H2,1-6H3. The topological polar surface area (TPSA) is 31.4 Å². The van der Waals surface area contributed by atoms with Crippen molar-refractivity contribution in [3.05, 3.63) is 46.1 Å². The fourth-order valence-corrected chi connectivity index (χ4v) is 2.61. The van der Waals surface area contributed by atoms with E-state index in [9.17, 15) is 0 Å². The van der Waals surface area contributed by atoms with Crippen molar-refractivity contribution in [1.82, 2.24) is 4.98 Å². The molecule has 0 bridgehead atoms. The van der Waals surface area contributed by atoms with Gasteiger partial charge < -0.3 is 9.47 Å². The Bertz CT molecular complexity index is 707. The number of hydrogen-bond donors (Lipinski definition) is 0. The quantitative estimate of drug-likeness (QED) is 0.586. The van der Waals surface area contributed by atoms with Crippen molar-refractivity contribution in [2.45, 2.75) is 60.8 Å². The molecule has 3 heteroatoms. The number of ether oxygens (including phenoxy) is 2. The van der Waals surface area contributed by atoms with Crippen molar-refractivity contribution in [3.8, 4) is 17.4 Å². The third-order valence-corrected chi connectivity index (χ3v) is 4.53. The monoisotopic (exact) mass is 327 g/mol. The highest BCUT2D eigenvalue weighted by atomic mass is 16.5. The Morgan fingerprint density at radius 1 is 0.875 bits per heavy atom. The minimum absolute atomic E-state index is 0.631. The average molecular weight is 327 g/mol. The zero-order valence-electron chi connectivity index (χ0n) is 15.8. The van der Waals surface area contributed by atoms with E-state index in [1.807, 2.05) is 26.0 Å². The summed E-state index contributed by atoms with van der Waals surface area (Å²) in [6, 6.07) is 6.09. The number of pyridine rings is 1. The Morgan fingerprint density at radius 3 is 2.33 bits per heavy atom. The van der Waals surface area contributed by atoms with E-state index in [4.69, 9.17) is 9.47 Å². The van der Waals surface area contributed by atoms with Crippen molar-refractivity contribution in [2.24, 2.45) is 0 Å². The summed E-state index contributed by atoms with van der Waals surface area (Å²) in [5.41, 5.74) is 5.54. The second-order valence-corrected chi connectivity index (χ2v) is 6.48. The predicted molar refractivity (Wildman–Crippen MR) is 99.5 cm³/mol. The molecule has 1 aromatic carbocycles. The molecular weight excluding hydrogens is 298 g/mol. The van der Waals surface area contributed by atoms with E-state index in [1.165, 1.54) is 24.0 Å². The summed E-state index contributed by atoms with van der Waals surface area (Å²) in [6.07, 6.45) is 3.45. The first-order chi connectivity index (χ1) is 11.4. The maximum Gasteiger partial charge on any atom is 0.226 e. The smallest absolute Gasteiger partial charge is 0.226 e. The van der Waals surface area contributed by atoms with E-state index in [1.54, 1.807) is 0 Å². The molecule has 130 valence electrons. The van der Waals surface area contributed by atoms with Crippen LogP contribution in [0.2, 0.25) is 0 Å². The zero-order valence-corrected chi connectivity index (χ0v) is 15.8. The zero-order chi connectivity index (χ0) is 17.7. The van der Waals surface area contributed by atoms with E-state index < -0.39 is 0 Å². The molecule has 24 heavy (non-hydrogen) atoms. The molecule has 0 atom stereocenters. The van der Waals surface area contributed by atoms with Crippen molar-refractivity contribution in [3.63, 3.8) is 0 Å². The highest BCUT2D eigenvalue weighted by Crippen LogP contribution is 2.33. The number of hydrogen-bond acceptors (Lipinski definition) is 3. The summed E-state index contributed by atoms with van der Waals surface area (Å²) < 4.78 is 12.1. The van der Waals surface area contributed by atoms with Gasteiger partial charge in [0.1, 0.15) is 11.5 Å². The highest BCUT2D eigenvalue weighted by Gasteiger charge is 2.13. The first kappa shape index (κ1) is 18.3. The number of benzene rings is 1. The number of aromatic nitrogens is 1. The van der Waals surface area contributed by atoms with E-state index in [2.05, 4.69) is 38.7 Å². The molecule has 0 amide bonds. The maximum absolute atomic E-state index is 6.13. The normalized spacial score (nSPS) is 10.8. The molecule has 0 aliphatic rings. The van der Waals surface area contributed by atoms with E-state index in [-0.39, 0.29) is 0 Å². The lowest BCUT2D eigenvalue weighted by Crippen LogP contribution is -2.03. The Balaban J connectivity index is 2.24. The van der Waals surface area contributed by atoms with Crippen molar-refractivity contribution >= 4 is 0 Å². The van der Waals surface area contributed by atoms with Crippen LogP contribution in [0.5, 0.6) is 17.4 Å². The van der Waals surface area contributed by atoms with Gasteiger partial charge in [-0.2, -0.15) is 0 Å². The number of unbranched alkanes of at least 4 members (excludes halogenated alkanes) is 2. The Labute approximate surface area is 146 Å². The van der Waals surface area contributed by atoms with Crippen LogP contribution in [0.15, 0.2) is 18.2 Å². The van der Waals surface area contributed by atoms with Crippen LogP contribution in [0.25, 0.3) is 0 Å². The summed E-state index contributed by atoms with van der Waals surface area (Å²) >= 11 is 0. The van der Waals surface area contributed by atoms with Crippen molar-refractivity contribution in [2.75, 3.05) is 6.61 Å². The predicted octanol–water partition coefficient (Wildman–Crippen LogP) is 5.99. The minimum Gasteiger partial charge on any atom is -0.493 e. The minimum atomic E-state index is 0.631. The maximum atomic E-state index is 6.13. The second kappa shape index (κ2) is 8.18. The van der Waals surface area contributed by atoms with Crippen LogP contribution in [-0.4, -0.2) is 11.6 Å². The third-order valence-electron chi connectivity index (χ3n) is 4.53. The molecule has 0 unspecified atom stereocenters. The van der Waals surface area contributed by atoms with Crippen LogP contribution in [0.3, 0.4) is 0 Å². The lowest BCUT2D eigenvalue weighted by atomic mass is 10.0. The van der Waals surface area contributed by atoms with Gasteiger partial charge >= 0.3 is 0 Å². The van der Waals surface area contributed by atoms with Crippen LogP contribution in [0.1, 0.15) is 54.1 Å². The molecule has 2 rings (SSSR count). The van der Waals surface area contributed by atoms with Crippen LogP contribution < -0.4 is 9.47 Å². The summed E-state index contributed by atoms with van der Waals surface area (Å²) in [6.45, 7) is 13.2. The highest BCUT2D eigenvalue weighted by molar-refractivity contribution is 5.47. The molecule has 0 saturated carbocycles. The van der Waals surface area contributed by atoms with Gasteiger partial charge in [0.2, 0.25) is 5.88 Å². The number of nitrogens with zero attached hydrogens (tertiary/aromatic N) is 1. The Kier molecular flexibility index (Phi) is 6.24. The van der Waals surface area contributed by atoms with Gasteiger partial charge in [-0.15, -0.1) is 0 Å². The molecule has 0 fully saturated rings. The van der Waals surface area contributed by atoms with Gasteiger partial charge in [-0.3, -0.25) is 0 Å². The largest absolute Gasteiger partial charge is 0.493 e. The SMILES string of the molecule is CCCCCOc1cc(C)nc(Oc2ccc(C)c(C)c2C)c1C. The van der Waals surface area contributed by atoms with Crippen LogP contribution in [-0.2, 0) is 0 Å². The lowest BCUT2D eigenvalue weighted by Gasteiger charge is -2.16. The fourth-order valence-electron chi connectivity index (χ4n) is 2.61. The number of rotatable bonds is 7. The number of aryl methyl sites for hydroxylation is 2. The van der Waals surface area contributed by atoms with Gasteiger partial charge in [0.25, 0.3) is 0 Å². The Morgan fingerprint density at radius 2 is 1.62 bits per heavy atom. The van der Waals surface area contributed by atoms with E-state index >= 15 is 0 Å². The summed E-state index contributed by atoms with van der Waals surface area (Å²) in [5.74, 6) is 2.36. The third kappa shape index (κ3) is 4.28. The van der Waals surface area contributed by atoms with E-state index in [0.29, 0.717) is 5.88 Å². The molecule has 0 aliphatic heterocycles. The molecule has 0 saturated heterocycles. The molecule has 0 spiro atoms. The first-order valence-corrected chi connectivity index (χ1v) is 8.79. The molecule has 0 aliphatic carbocycles. The van der Waals surface area contributed by atoms with Gasteiger partial charge in [0, 0.05) is 11.8 Å². The van der Waals surface area contributed by atoms with Gasteiger partial charge in [-0.25, -0.2) is 4.98 Å². The fraction of sp³-hybridized carbons (Fsp3) is 0.476. The molecule has 2 aromatic rings. The summed E-state index contributed by atoms with van der Waals surface area (Å²) in [7, 11) is 0. The first-order valence-electron chi connectivity index (χ1n) is 8.79. The van der Waals surface area contributed by atoms with Crippen molar-refractivity contribution < 1.29 is 9.47 Å². The van der Waals surface area contributed by atoms with E-state index in [0.717, 1.165) is 41.3 Å². The van der Waals surface area contributed by atoms with Gasteiger partial charge in [-0.05, 0) is 63.8 Å². The van der Waals surface area contributed by atoms with Crippen molar-refractivity contribution in [1.29, 1.82) is 0 Å². The summed E-state index contributed by atoms with van der Waals surface area (Å²) in [4.78, 5) is 4.56. The molecule has 1 heterocycles. The van der Waals surface area contributed by atoms with Crippen LogP contribution >= 0.6 is 0 Å². The molecule has 1 aromatic heterocycles. The summed E-state index contributed by atoms with van der Waals surface area (Å²) in [5, 5.41) is 0. The lowest BCUT2D eigenvalue weighted by molar-refractivity contribution is 0.301. The van der Waals surface area contributed by atoms with Crippen LogP contribution in [0.4, 0.5) is 0 Å². The average Bonchev–Trinajstić information content (AvgIpc) is 2.55. The van der Waals surface area contributed by atoms with Crippen LogP contribution in [0, 0.1) is 34.6 Å². The molecular formula is C21H29NO2. The van der Waals surface area contributed by atoms with Gasteiger partial charge in [0.05, 0.1) is 12.2 Å².